The number of methoxy groups -OCH3 is 1. The highest BCUT2D eigenvalue weighted by atomic mass is 16.5. The number of aromatic nitrogens is 5. The maximum atomic E-state index is 13.0. The lowest BCUT2D eigenvalue weighted by molar-refractivity contribution is 0.235. The van der Waals surface area contributed by atoms with E-state index in [1.165, 1.54) is 0 Å². The summed E-state index contributed by atoms with van der Waals surface area (Å²) < 4.78 is 18.1. The molecule has 0 spiro atoms. The third-order valence-corrected chi connectivity index (χ3v) is 6.02. The standard InChI is InChI=1S/C27H28N6O4/c1-3-36-23-10-11-25-20(14-23)13-21(27(34)28-25)16-32(15-19-6-8-22(35-2)9-7-19)18-26-29-30-31-33(26)17-24-5-4-12-37-24/h4-14H,3,15-18H2,1-2H3,(H,28,34). The molecule has 0 fully saturated rings. The lowest BCUT2D eigenvalue weighted by Crippen LogP contribution is -2.28. The van der Waals surface area contributed by atoms with E-state index >= 15 is 0 Å². The zero-order valence-corrected chi connectivity index (χ0v) is 20.8. The normalized spacial score (nSPS) is 11.3. The molecule has 0 amide bonds. The van der Waals surface area contributed by atoms with Gasteiger partial charge in [0.1, 0.15) is 23.8 Å². The van der Waals surface area contributed by atoms with Crippen LogP contribution in [0.15, 0.2) is 76.1 Å². The van der Waals surface area contributed by atoms with Crippen molar-refractivity contribution in [2.75, 3.05) is 13.7 Å². The van der Waals surface area contributed by atoms with Crippen molar-refractivity contribution in [1.82, 2.24) is 30.1 Å². The zero-order valence-electron chi connectivity index (χ0n) is 20.8. The minimum atomic E-state index is -0.133. The molecule has 3 aromatic heterocycles. The number of pyridine rings is 1. The monoisotopic (exact) mass is 500 g/mol. The van der Waals surface area contributed by atoms with E-state index in [-0.39, 0.29) is 5.56 Å². The van der Waals surface area contributed by atoms with Crippen molar-refractivity contribution in [2.24, 2.45) is 0 Å². The number of aromatic amines is 1. The number of hydrogen-bond acceptors (Lipinski definition) is 8. The van der Waals surface area contributed by atoms with E-state index in [4.69, 9.17) is 13.9 Å². The zero-order chi connectivity index (χ0) is 25.6. The summed E-state index contributed by atoms with van der Waals surface area (Å²) >= 11 is 0. The molecule has 0 aliphatic heterocycles. The SMILES string of the molecule is CCOc1ccc2[nH]c(=O)c(CN(Cc3ccc(OC)cc3)Cc3nnnn3Cc3ccco3)cc2c1. The van der Waals surface area contributed by atoms with Gasteiger partial charge in [-0.05, 0) is 71.4 Å². The van der Waals surface area contributed by atoms with E-state index in [0.717, 1.165) is 33.7 Å². The summed E-state index contributed by atoms with van der Waals surface area (Å²) in [6, 6.07) is 19.2. The van der Waals surface area contributed by atoms with Crippen LogP contribution in [0.1, 0.15) is 29.6 Å². The lowest BCUT2D eigenvalue weighted by Gasteiger charge is -2.22. The van der Waals surface area contributed by atoms with E-state index in [1.807, 2.05) is 67.6 Å². The van der Waals surface area contributed by atoms with Gasteiger partial charge in [0.2, 0.25) is 0 Å². The van der Waals surface area contributed by atoms with E-state index in [0.29, 0.717) is 44.2 Å². The number of H-pyrrole nitrogens is 1. The molecule has 0 saturated carbocycles. The second-order valence-electron chi connectivity index (χ2n) is 8.63. The maximum Gasteiger partial charge on any atom is 0.252 e. The Labute approximate surface area is 213 Å². The van der Waals surface area contributed by atoms with Gasteiger partial charge in [-0.1, -0.05) is 12.1 Å². The molecule has 0 unspecified atom stereocenters. The fourth-order valence-corrected chi connectivity index (χ4v) is 4.21. The van der Waals surface area contributed by atoms with Crippen LogP contribution in [0.5, 0.6) is 11.5 Å². The molecule has 1 N–H and O–H groups in total. The third kappa shape index (κ3) is 5.87. The first-order valence-electron chi connectivity index (χ1n) is 12.0. The van der Waals surface area contributed by atoms with Gasteiger partial charge < -0.3 is 18.9 Å². The Balaban J connectivity index is 1.44. The third-order valence-electron chi connectivity index (χ3n) is 6.02. The minimum Gasteiger partial charge on any atom is -0.497 e. The van der Waals surface area contributed by atoms with Crippen molar-refractivity contribution in [3.05, 3.63) is 100.0 Å². The number of hydrogen-bond donors (Lipinski definition) is 1. The van der Waals surface area contributed by atoms with Crippen LogP contribution in [0.4, 0.5) is 0 Å². The highest BCUT2D eigenvalue weighted by Gasteiger charge is 2.17. The molecule has 5 rings (SSSR count). The molecule has 10 nitrogen and oxygen atoms in total. The van der Waals surface area contributed by atoms with Crippen LogP contribution in [0.3, 0.4) is 0 Å². The van der Waals surface area contributed by atoms with E-state index in [1.54, 1.807) is 18.1 Å². The van der Waals surface area contributed by atoms with Crippen LogP contribution in [0, 0.1) is 0 Å². The fraction of sp³-hybridized carbons (Fsp3) is 0.259. The fourth-order valence-electron chi connectivity index (χ4n) is 4.21. The molecular formula is C27H28N6O4. The molecule has 0 radical (unpaired) electrons. The van der Waals surface area contributed by atoms with Gasteiger partial charge in [-0.3, -0.25) is 9.69 Å². The van der Waals surface area contributed by atoms with Gasteiger partial charge in [-0.15, -0.1) is 5.10 Å². The lowest BCUT2D eigenvalue weighted by atomic mass is 10.1. The molecule has 3 heterocycles. The van der Waals surface area contributed by atoms with Crippen molar-refractivity contribution in [2.45, 2.75) is 33.1 Å². The van der Waals surface area contributed by atoms with E-state index < -0.39 is 0 Å². The summed E-state index contributed by atoms with van der Waals surface area (Å²) in [5.41, 5.74) is 2.34. The van der Waals surface area contributed by atoms with Gasteiger partial charge in [0.15, 0.2) is 5.82 Å². The van der Waals surface area contributed by atoms with Crippen LogP contribution in [-0.2, 0) is 26.2 Å². The molecule has 0 aliphatic carbocycles. The van der Waals surface area contributed by atoms with Gasteiger partial charge in [0.05, 0.1) is 26.5 Å². The largest absolute Gasteiger partial charge is 0.497 e. The number of benzene rings is 2. The maximum absolute atomic E-state index is 13.0. The average Bonchev–Trinajstić information content (AvgIpc) is 3.58. The van der Waals surface area contributed by atoms with Crippen molar-refractivity contribution >= 4 is 10.9 Å². The number of rotatable bonds is 11. The number of fused-ring (bicyclic) bond motifs is 1. The van der Waals surface area contributed by atoms with Crippen molar-refractivity contribution in [1.29, 1.82) is 0 Å². The number of nitrogens with one attached hydrogen (secondary N) is 1. The van der Waals surface area contributed by atoms with Crippen LogP contribution < -0.4 is 15.0 Å². The predicted octanol–water partition coefficient (Wildman–Crippen LogP) is 3.77. The molecule has 190 valence electrons. The highest BCUT2D eigenvalue weighted by Crippen LogP contribution is 2.21. The summed E-state index contributed by atoms with van der Waals surface area (Å²) in [5.74, 6) is 2.97. The first kappa shape index (κ1) is 24.3. The number of nitrogens with zero attached hydrogens (tertiary/aromatic N) is 5. The Morgan fingerprint density at radius 1 is 1.03 bits per heavy atom. The van der Waals surface area contributed by atoms with Gasteiger partial charge in [-0.2, -0.15) is 0 Å². The molecule has 0 aliphatic rings. The van der Waals surface area contributed by atoms with Gasteiger partial charge in [0.25, 0.3) is 5.56 Å². The first-order chi connectivity index (χ1) is 18.1. The highest BCUT2D eigenvalue weighted by molar-refractivity contribution is 5.80. The predicted molar refractivity (Wildman–Crippen MR) is 137 cm³/mol. The summed E-state index contributed by atoms with van der Waals surface area (Å²) in [5, 5.41) is 13.2. The van der Waals surface area contributed by atoms with Crippen LogP contribution in [0.25, 0.3) is 10.9 Å². The summed E-state index contributed by atoms with van der Waals surface area (Å²) in [6.07, 6.45) is 1.62. The summed E-state index contributed by atoms with van der Waals surface area (Å²) in [4.78, 5) is 18.1. The van der Waals surface area contributed by atoms with Gasteiger partial charge in [-0.25, -0.2) is 4.68 Å². The van der Waals surface area contributed by atoms with Crippen LogP contribution in [-0.4, -0.2) is 43.8 Å². The second kappa shape index (κ2) is 11.1. The van der Waals surface area contributed by atoms with Gasteiger partial charge in [0, 0.05) is 29.6 Å². The van der Waals surface area contributed by atoms with Crippen molar-refractivity contribution < 1.29 is 13.9 Å². The van der Waals surface area contributed by atoms with Crippen molar-refractivity contribution in [3.8, 4) is 11.5 Å². The van der Waals surface area contributed by atoms with Crippen LogP contribution >= 0.6 is 0 Å². The molecule has 0 bridgehead atoms. The molecule has 5 aromatic rings. The van der Waals surface area contributed by atoms with Crippen molar-refractivity contribution in [3.63, 3.8) is 0 Å². The van der Waals surface area contributed by atoms with Gasteiger partial charge >= 0.3 is 0 Å². The number of furan rings is 1. The molecule has 10 heteroatoms. The number of ether oxygens (including phenoxy) is 2. The first-order valence-corrected chi connectivity index (χ1v) is 12.0. The Morgan fingerprint density at radius 2 is 1.86 bits per heavy atom. The Morgan fingerprint density at radius 3 is 2.62 bits per heavy atom. The summed E-state index contributed by atoms with van der Waals surface area (Å²) in [7, 11) is 1.64. The molecule has 37 heavy (non-hydrogen) atoms. The smallest absolute Gasteiger partial charge is 0.252 e. The quantitative estimate of drug-likeness (QED) is 0.292. The topological polar surface area (TPSA) is 111 Å². The Hall–Kier alpha value is -4.44. The molecular weight excluding hydrogens is 472 g/mol. The molecule has 0 atom stereocenters. The Kier molecular flexibility index (Phi) is 7.27. The molecule has 0 saturated heterocycles. The minimum absolute atomic E-state index is 0.133. The second-order valence-corrected chi connectivity index (χ2v) is 8.63. The number of tetrazole rings is 1. The van der Waals surface area contributed by atoms with E-state index in [9.17, 15) is 4.79 Å². The molecule has 2 aromatic carbocycles. The van der Waals surface area contributed by atoms with E-state index in [2.05, 4.69) is 25.4 Å². The average molecular weight is 501 g/mol. The summed E-state index contributed by atoms with van der Waals surface area (Å²) in [6.45, 7) is 4.33. The van der Waals surface area contributed by atoms with Crippen LogP contribution in [0.2, 0.25) is 0 Å². The Bertz CT molecular complexity index is 1510.